The lowest BCUT2D eigenvalue weighted by molar-refractivity contribution is -0.142. The molecule has 43 heavy (non-hydrogen) atoms. The summed E-state index contributed by atoms with van der Waals surface area (Å²) in [6, 6.07) is -4.73. The summed E-state index contributed by atoms with van der Waals surface area (Å²) in [7, 11) is 0. The van der Waals surface area contributed by atoms with Crippen molar-refractivity contribution in [3.8, 4) is 0 Å². The van der Waals surface area contributed by atoms with E-state index < -0.39 is 59.8 Å². The third-order valence-electron chi connectivity index (χ3n) is 6.70. The van der Waals surface area contributed by atoms with Crippen molar-refractivity contribution < 1.29 is 29.1 Å². The Morgan fingerprint density at radius 1 is 0.651 bits per heavy atom. The summed E-state index contributed by atoms with van der Waals surface area (Å²) in [5.74, 6) is -1.71. The molecule has 0 aliphatic heterocycles. The standard InChI is InChI=1S/C30H58N6O6S/c1-8-43-14-12-22(30(41)42)33-27(38)24(16-19(4)5)35-29(40)25(17-20(6)7)36-28(39)23(15-18(2)3)34-26(37)21(32)11-9-10-13-31/h18-25H,8-17,31-32H2,1-7H3,(H,33,38)(H,34,37)(H,35,40)(H,36,39)(H,41,42). The number of amides is 4. The first kappa shape index (κ1) is 40.6. The first-order chi connectivity index (χ1) is 20.1. The maximum Gasteiger partial charge on any atom is 0.326 e. The molecule has 4 amide bonds. The van der Waals surface area contributed by atoms with Crippen LogP contribution in [0.25, 0.3) is 0 Å². The minimum absolute atomic E-state index is 0.0211. The number of nitrogens with two attached hydrogens (primary N) is 2. The molecule has 0 aliphatic rings. The van der Waals surface area contributed by atoms with Gasteiger partial charge in [-0.2, -0.15) is 11.8 Å². The molecule has 0 fully saturated rings. The number of nitrogens with one attached hydrogen (secondary N) is 4. The topological polar surface area (TPSA) is 206 Å². The highest BCUT2D eigenvalue weighted by Gasteiger charge is 2.32. The number of hydrogen-bond acceptors (Lipinski definition) is 8. The normalized spacial score (nSPS) is 15.0. The second kappa shape index (κ2) is 22.2. The molecule has 0 heterocycles. The number of carbonyl (C=O) groups is 5. The fourth-order valence-corrected chi connectivity index (χ4v) is 5.14. The van der Waals surface area contributed by atoms with Gasteiger partial charge in [0, 0.05) is 0 Å². The lowest BCUT2D eigenvalue weighted by Gasteiger charge is -2.28. The van der Waals surface area contributed by atoms with Gasteiger partial charge in [0.05, 0.1) is 6.04 Å². The van der Waals surface area contributed by atoms with Crippen LogP contribution in [0.5, 0.6) is 0 Å². The van der Waals surface area contributed by atoms with Crippen LogP contribution in [0, 0.1) is 17.8 Å². The smallest absolute Gasteiger partial charge is 0.326 e. The summed E-state index contributed by atoms with van der Waals surface area (Å²) in [6.45, 7) is 13.9. The second-order valence-electron chi connectivity index (χ2n) is 12.3. The van der Waals surface area contributed by atoms with Crippen LogP contribution in [0.4, 0.5) is 0 Å². The molecular formula is C30H58N6O6S. The Kier molecular flexibility index (Phi) is 20.9. The van der Waals surface area contributed by atoms with Crippen molar-refractivity contribution in [2.45, 2.75) is 124 Å². The van der Waals surface area contributed by atoms with Crippen LogP contribution in [-0.2, 0) is 24.0 Å². The summed E-state index contributed by atoms with van der Waals surface area (Å²) in [6.07, 6.45) is 3.05. The zero-order valence-corrected chi connectivity index (χ0v) is 28.1. The van der Waals surface area contributed by atoms with Crippen LogP contribution >= 0.6 is 11.8 Å². The summed E-state index contributed by atoms with van der Waals surface area (Å²) >= 11 is 1.58. The van der Waals surface area contributed by atoms with Gasteiger partial charge in [0.2, 0.25) is 23.6 Å². The fourth-order valence-electron chi connectivity index (χ4n) is 4.45. The summed E-state index contributed by atoms with van der Waals surface area (Å²) in [5, 5.41) is 20.5. The molecule has 0 saturated carbocycles. The van der Waals surface area contributed by atoms with Gasteiger partial charge in [0.15, 0.2) is 0 Å². The first-order valence-corrected chi connectivity index (χ1v) is 16.8. The van der Waals surface area contributed by atoms with E-state index in [0.717, 1.165) is 12.2 Å². The van der Waals surface area contributed by atoms with E-state index in [2.05, 4.69) is 21.3 Å². The number of rotatable bonds is 23. The Bertz CT molecular complexity index is 872. The summed E-state index contributed by atoms with van der Waals surface area (Å²) in [4.78, 5) is 64.7. The van der Waals surface area contributed by atoms with Gasteiger partial charge in [-0.3, -0.25) is 19.2 Å². The average molecular weight is 631 g/mol. The van der Waals surface area contributed by atoms with Crippen molar-refractivity contribution >= 4 is 41.4 Å². The molecule has 5 atom stereocenters. The van der Waals surface area contributed by atoms with Crippen LogP contribution in [0.3, 0.4) is 0 Å². The summed E-state index contributed by atoms with van der Waals surface area (Å²) in [5.41, 5.74) is 11.6. The maximum absolute atomic E-state index is 13.5. The number of unbranched alkanes of at least 4 members (excludes halogenated alkanes) is 1. The van der Waals surface area contributed by atoms with E-state index in [0.29, 0.717) is 38.0 Å². The molecule has 0 aromatic carbocycles. The van der Waals surface area contributed by atoms with E-state index in [1.165, 1.54) is 0 Å². The molecule has 5 unspecified atom stereocenters. The molecule has 0 radical (unpaired) electrons. The molecule has 0 aliphatic carbocycles. The minimum atomic E-state index is -1.14. The molecule has 0 bridgehead atoms. The highest BCUT2D eigenvalue weighted by atomic mass is 32.2. The molecule has 0 aromatic rings. The van der Waals surface area contributed by atoms with Gasteiger partial charge in [-0.25, -0.2) is 4.79 Å². The quantitative estimate of drug-likeness (QED) is 0.0820. The van der Waals surface area contributed by atoms with Crippen LogP contribution in [-0.4, -0.2) is 83.0 Å². The van der Waals surface area contributed by atoms with E-state index in [-0.39, 0.29) is 30.6 Å². The molecule has 0 rings (SSSR count). The van der Waals surface area contributed by atoms with Crippen molar-refractivity contribution in [2.75, 3.05) is 18.1 Å². The fraction of sp³-hybridized carbons (Fsp3) is 0.833. The lowest BCUT2D eigenvalue weighted by atomic mass is 9.98. The average Bonchev–Trinajstić information content (AvgIpc) is 2.90. The van der Waals surface area contributed by atoms with E-state index in [1.54, 1.807) is 11.8 Å². The van der Waals surface area contributed by atoms with Gasteiger partial charge in [-0.05, 0) is 74.3 Å². The monoisotopic (exact) mass is 630 g/mol. The number of aliphatic carboxylic acids is 1. The molecule has 13 heteroatoms. The van der Waals surface area contributed by atoms with Crippen LogP contribution in [0.2, 0.25) is 0 Å². The number of thioether (sulfide) groups is 1. The van der Waals surface area contributed by atoms with Crippen molar-refractivity contribution in [3.05, 3.63) is 0 Å². The van der Waals surface area contributed by atoms with Gasteiger partial charge in [0.25, 0.3) is 0 Å². The Hall–Kier alpha value is -2.38. The molecule has 0 spiro atoms. The Labute approximate surface area is 262 Å². The number of carboxylic acid groups (broad SMARTS) is 1. The van der Waals surface area contributed by atoms with Crippen LogP contribution in [0.1, 0.15) is 93.4 Å². The molecular weight excluding hydrogens is 572 g/mol. The number of carbonyl (C=O) groups excluding carboxylic acids is 4. The van der Waals surface area contributed by atoms with E-state index in [9.17, 15) is 29.1 Å². The predicted molar refractivity (Wildman–Crippen MR) is 172 cm³/mol. The largest absolute Gasteiger partial charge is 0.480 e. The van der Waals surface area contributed by atoms with Crippen molar-refractivity contribution in [1.29, 1.82) is 0 Å². The van der Waals surface area contributed by atoms with Gasteiger partial charge >= 0.3 is 5.97 Å². The van der Waals surface area contributed by atoms with Crippen molar-refractivity contribution in [1.82, 2.24) is 21.3 Å². The number of carboxylic acids is 1. The zero-order chi connectivity index (χ0) is 33.1. The summed E-state index contributed by atoms with van der Waals surface area (Å²) < 4.78 is 0. The minimum Gasteiger partial charge on any atom is -0.480 e. The van der Waals surface area contributed by atoms with Gasteiger partial charge in [-0.15, -0.1) is 0 Å². The third kappa shape index (κ3) is 18.1. The van der Waals surface area contributed by atoms with Gasteiger partial charge < -0.3 is 37.8 Å². The van der Waals surface area contributed by atoms with E-state index in [4.69, 9.17) is 11.5 Å². The lowest BCUT2D eigenvalue weighted by Crippen LogP contribution is -2.59. The van der Waals surface area contributed by atoms with Crippen LogP contribution < -0.4 is 32.7 Å². The number of hydrogen-bond donors (Lipinski definition) is 7. The highest BCUT2D eigenvalue weighted by Crippen LogP contribution is 2.12. The van der Waals surface area contributed by atoms with Crippen LogP contribution in [0.15, 0.2) is 0 Å². The van der Waals surface area contributed by atoms with Gasteiger partial charge in [0.1, 0.15) is 24.2 Å². The first-order valence-electron chi connectivity index (χ1n) is 15.6. The van der Waals surface area contributed by atoms with Crippen molar-refractivity contribution in [3.63, 3.8) is 0 Å². The zero-order valence-electron chi connectivity index (χ0n) is 27.2. The Balaban J connectivity index is 5.77. The highest BCUT2D eigenvalue weighted by molar-refractivity contribution is 7.99. The molecule has 0 aromatic heterocycles. The second-order valence-corrected chi connectivity index (χ2v) is 13.7. The Morgan fingerprint density at radius 2 is 1.05 bits per heavy atom. The maximum atomic E-state index is 13.5. The van der Waals surface area contributed by atoms with E-state index >= 15 is 0 Å². The van der Waals surface area contributed by atoms with Gasteiger partial charge in [-0.1, -0.05) is 54.9 Å². The van der Waals surface area contributed by atoms with E-state index in [1.807, 2.05) is 48.5 Å². The SMILES string of the molecule is CCSCCC(NC(=O)C(CC(C)C)NC(=O)C(CC(C)C)NC(=O)C(CC(C)C)NC(=O)C(N)CCCCN)C(=O)O. The van der Waals surface area contributed by atoms with Crippen molar-refractivity contribution in [2.24, 2.45) is 29.2 Å². The Morgan fingerprint density at radius 3 is 1.40 bits per heavy atom. The molecule has 12 nitrogen and oxygen atoms in total. The molecule has 0 saturated heterocycles. The third-order valence-corrected chi connectivity index (χ3v) is 7.63. The molecule has 9 N–H and O–H groups in total. The predicted octanol–water partition coefficient (Wildman–Crippen LogP) is 1.75. The molecule has 250 valence electrons.